The van der Waals surface area contributed by atoms with Gasteiger partial charge in [-0.05, 0) is 54.1 Å². The Morgan fingerprint density at radius 3 is 2.38 bits per heavy atom. The highest BCUT2D eigenvalue weighted by Gasteiger charge is 2.14. The minimum Gasteiger partial charge on any atom is -0.325 e. The number of carbonyl (C=O) groups is 1. The van der Waals surface area contributed by atoms with Crippen molar-refractivity contribution in [2.45, 2.75) is 10.6 Å². The van der Waals surface area contributed by atoms with E-state index in [2.05, 4.69) is 15.0 Å². The Balaban J connectivity index is 1.51. The van der Waals surface area contributed by atoms with Crippen molar-refractivity contribution in [3.05, 3.63) is 84.4 Å². The van der Waals surface area contributed by atoms with Crippen LogP contribution >= 0.6 is 11.8 Å². The van der Waals surface area contributed by atoms with Gasteiger partial charge in [-0.25, -0.2) is 12.8 Å². The predicted molar refractivity (Wildman–Crippen MR) is 113 cm³/mol. The quantitative estimate of drug-likeness (QED) is 0.565. The third-order valence-corrected chi connectivity index (χ3v) is 6.18. The summed E-state index contributed by atoms with van der Waals surface area (Å²) in [5, 5.41) is 2.72. The Morgan fingerprint density at radius 1 is 1.00 bits per heavy atom. The molecule has 1 heterocycles. The minimum absolute atomic E-state index is 0.0741. The number of carbonyl (C=O) groups excluding carboxylic acids is 1. The third kappa shape index (κ3) is 6.30. The first kappa shape index (κ1) is 20.8. The smallest absolute Gasteiger partial charge is 0.261 e. The molecule has 1 aromatic heterocycles. The molecule has 0 aliphatic carbocycles. The summed E-state index contributed by atoms with van der Waals surface area (Å²) in [5.41, 5.74) is 1.79. The molecule has 0 aliphatic rings. The van der Waals surface area contributed by atoms with E-state index in [1.165, 1.54) is 54.4 Å². The monoisotopic (exact) mass is 431 g/mol. The molecule has 6 nitrogen and oxygen atoms in total. The van der Waals surface area contributed by atoms with Gasteiger partial charge in [0.05, 0.1) is 22.5 Å². The second-order valence-corrected chi connectivity index (χ2v) is 8.71. The van der Waals surface area contributed by atoms with E-state index in [9.17, 15) is 17.6 Å². The van der Waals surface area contributed by atoms with E-state index in [1.807, 2.05) is 0 Å². The zero-order chi connectivity index (χ0) is 20.7. The minimum atomic E-state index is -3.74. The number of hydrogen-bond donors (Lipinski definition) is 2. The zero-order valence-corrected chi connectivity index (χ0v) is 16.8. The molecule has 0 aliphatic heterocycles. The Bertz CT molecular complexity index is 1060. The van der Waals surface area contributed by atoms with Gasteiger partial charge in [0.25, 0.3) is 10.0 Å². The standard InChI is InChI=1S/C20H18FN3O3S2/c21-16-5-3-15(4-6-16)13-28-14-20(25)23-17-7-9-19(10-8-17)29(26,27)24-18-2-1-11-22-12-18/h1-12,24H,13-14H2,(H,23,25). The fraction of sp³-hybridized carbons (Fsp3) is 0.100. The van der Waals surface area contributed by atoms with Crippen LogP contribution in [0.3, 0.4) is 0 Å². The van der Waals surface area contributed by atoms with Crippen molar-refractivity contribution in [1.29, 1.82) is 0 Å². The molecule has 0 unspecified atom stereocenters. The van der Waals surface area contributed by atoms with E-state index in [-0.39, 0.29) is 22.4 Å². The Labute approximate surface area is 172 Å². The van der Waals surface area contributed by atoms with Crippen molar-refractivity contribution in [2.75, 3.05) is 15.8 Å². The van der Waals surface area contributed by atoms with Crippen LogP contribution in [-0.4, -0.2) is 25.1 Å². The van der Waals surface area contributed by atoms with Crippen molar-refractivity contribution in [3.8, 4) is 0 Å². The molecule has 1 amide bonds. The first-order valence-electron chi connectivity index (χ1n) is 8.57. The molecule has 0 radical (unpaired) electrons. The second kappa shape index (κ2) is 9.53. The van der Waals surface area contributed by atoms with E-state index in [1.54, 1.807) is 30.5 Å². The lowest BCUT2D eigenvalue weighted by molar-refractivity contribution is -0.113. The highest BCUT2D eigenvalue weighted by molar-refractivity contribution is 7.99. The number of nitrogens with zero attached hydrogens (tertiary/aromatic N) is 1. The largest absolute Gasteiger partial charge is 0.325 e. The van der Waals surface area contributed by atoms with Crippen molar-refractivity contribution >= 4 is 39.1 Å². The topological polar surface area (TPSA) is 88.2 Å². The first-order chi connectivity index (χ1) is 13.9. The number of hydrogen-bond acceptors (Lipinski definition) is 5. The van der Waals surface area contributed by atoms with Gasteiger partial charge in [0.2, 0.25) is 5.91 Å². The number of thioether (sulfide) groups is 1. The van der Waals surface area contributed by atoms with Gasteiger partial charge in [0.1, 0.15) is 5.82 Å². The molecule has 3 rings (SSSR count). The molecule has 2 aromatic carbocycles. The third-order valence-electron chi connectivity index (χ3n) is 3.78. The normalized spacial score (nSPS) is 11.1. The van der Waals surface area contributed by atoms with Crippen LogP contribution in [0.25, 0.3) is 0 Å². The molecular formula is C20H18FN3O3S2. The van der Waals surface area contributed by atoms with Crippen LogP contribution in [0.5, 0.6) is 0 Å². The van der Waals surface area contributed by atoms with Crippen LogP contribution in [0.2, 0.25) is 0 Å². The van der Waals surface area contributed by atoms with Crippen LogP contribution in [-0.2, 0) is 20.6 Å². The molecular weight excluding hydrogens is 413 g/mol. The number of rotatable bonds is 8. The summed E-state index contributed by atoms with van der Waals surface area (Å²) in [6, 6.07) is 15.2. The maximum absolute atomic E-state index is 12.9. The number of nitrogens with one attached hydrogen (secondary N) is 2. The predicted octanol–water partition coefficient (Wildman–Crippen LogP) is 3.89. The number of amides is 1. The van der Waals surface area contributed by atoms with E-state index in [0.29, 0.717) is 17.1 Å². The van der Waals surface area contributed by atoms with E-state index >= 15 is 0 Å². The molecule has 0 saturated carbocycles. The number of benzene rings is 2. The first-order valence-corrected chi connectivity index (χ1v) is 11.2. The molecule has 2 N–H and O–H groups in total. The number of pyridine rings is 1. The zero-order valence-electron chi connectivity index (χ0n) is 15.2. The summed E-state index contributed by atoms with van der Waals surface area (Å²) in [7, 11) is -3.74. The van der Waals surface area contributed by atoms with Gasteiger partial charge in [0.15, 0.2) is 0 Å². The highest BCUT2D eigenvalue weighted by atomic mass is 32.2. The SMILES string of the molecule is O=C(CSCc1ccc(F)cc1)Nc1ccc(S(=O)(=O)Nc2cccnc2)cc1. The lowest BCUT2D eigenvalue weighted by Crippen LogP contribution is -2.15. The fourth-order valence-electron chi connectivity index (χ4n) is 2.39. The van der Waals surface area contributed by atoms with Gasteiger partial charge in [-0.15, -0.1) is 11.8 Å². The number of anilines is 2. The van der Waals surface area contributed by atoms with Crippen LogP contribution in [0.15, 0.2) is 78.0 Å². The maximum Gasteiger partial charge on any atom is 0.261 e. The van der Waals surface area contributed by atoms with Crippen LogP contribution in [0, 0.1) is 5.82 Å². The van der Waals surface area contributed by atoms with Gasteiger partial charge in [0, 0.05) is 17.6 Å². The molecule has 150 valence electrons. The molecule has 0 spiro atoms. The summed E-state index contributed by atoms with van der Waals surface area (Å²) < 4.78 is 40.1. The van der Waals surface area contributed by atoms with Crippen LogP contribution in [0.4, 0.5) is 15.8 Å². The maximum atomic E-state index is 12.9. The van der Waals surface area contributed by atoms with E-state index in [4.69, 9.17) is 0 Å². The molecule has 29 heavy (non-hydrogen) atoms. The molecule has 3 aromatic rings. The van der Waals surface area contributed by atoms with Crippen LogP contribution in [0.1, 0.15) is 5.56 Å². The lowest BCUT2D eigenvalue weighted by atomic mass is 10.2. The number of aromatic nitrogens is 1. The Morgan fingerprint density at radius 2 is 1.72 bits per heavy atom. The van der Waals surface area contributed by atoms with Crippen molar-refractivity contribution in [1.82, 2.24) is 4.98 Å². The summed E-state index contributed by atoms with van der Waals surface area (Å²) in [5.74, 6) is 0.309. The fourth-order valence-corrected chi connectivity index (χ4v) is 4.22. The summed E-state index contributed by atoms with van der Waals surface area (Å²) >= 11 is 1.40. The van der Waals surface area contributed by atoms with Gasteiger partial charge in [-0.2, -0.15) is 0 Å². The average Bonchev–Trinajstić information content (AvgIpc) is 2.70. The average molecular weight is 432 g/mol. The highest BCUT2D eigenvalue weighted by Crippen LogP contribution is 2.18. The molecule has 0 saturated heterocycles. The molecule has 9 heteroatoms. The van der Waals surface area contributed by atoms with Crippen LogP contribution < -0.4 is 10.0 Å². The van der Waals surface area contributed by atoms with Crippen molar-refractivity contribution < 1.29 is 17.6 Å². The van der Waals surface area contributed by atoms with Gasteiger partial charge in [-0.3, -0.25) is 14.5 Å². The van der Waals surface area contributed by atoms with Crippen molar-refractivity contribution in [2.24, 2.45) is 0 Å². The number of halogens is 1. The number of sulfonamides is 1. The Hall–Kier alpha value is -2.91. The van der Waals surface area contributed by atoms with Crippen molar-refractivity contribution in [3.63, 3.8) is 0 Å². The summed E-state index contributed by atoms with van der Waals surface area (Å²) in [4.78, 5) is 16.0. The molecule has 0 atom stereocenters. The summed E-state index contributed by atoms with van der Waals surface area (Å²) in [6.45, 7) is 0. The second-order valence-electron chi connectivity index (χ2n) is 6.04. The van der Waals surface area contributed by atoms with E-state index < -0.39 is 10.0 Å². The van der Waals surface area contributed by atoms with E-state index in [0.717, 1.165) is 5.56 Å². The lowest BCUT2D eigenvalue weighted by Gasteiger charge is -2.09. The van der Waals surface area contributed by atoms with Gasteiger partial charge < -0.3 is 5.32 Å². The Kier molecular flexibility index (Phi) is 6.84. The molecule has 0 fully saturated rings. The molecule has 0 bridgehead atoms. The van der Waals surface area contributed by atoms with Gasteiger partial charge in [-0.1, -0.05) is 12.1 Å². The summed E-state index contributed by atoms with van der Waals surface area (Å²) in [6.07, 6.45) is 2.96. The van der Waals surface area contributed by atoms with Gasteiger partial charge >= 0.3 is 0 Å².